The quantitative estimate of drug-likeness (QED) is 0.689. The molecule has 5 heteroatoms. The van der Waals surface area contributed by atoms with E-state index in [1.165, 1.54) is 6.92 Å². The highest BCUT2D eigenvalue weighted by Gasteiger charge is 2.18. The lowest BCUT2D eigenvalue weighted by molar-refractivity contribution is -0.141. The second kappa shape index (κ2) is 5.55. The Morgan fingerprint density at radius 1 is 1.50 bits per heavy atom. The minimum atomic E-state index is -1.04. The van der Waals surface area contributed by atoms with Crippen molar-refractivity contribution in [1.82, 2.24) is 5.32 Å². The van der Waals surface area contributed by atoms with Crippen LogP contribution >= 0.6 is 12.6 Å². The van der Waals surface area contributed by atoms with Crippen molar-refractivity contribution in [3.8, 4) is 0 Å². The fourth-order valence-corrected chi connectivity index (χ4v) is 1.62. The van der Waals surface area contributed by atoms with Crippen LogP contribution < -0.4 is 5.32 Å². The van der Waals surface area contributed by atoms with Crippen molar-refractivity contribution in [3.63, 3.8) is 0 Å². The summed E-state index contributed by atoms with van der Waals surface area (Å²) < 4.78 is 0. The summed E-state index contributed by atoms with van der Waals surface area (Å²) in [6, 6.07) is 6.29. The lowest BCUT2D eigenvalue weighted by Crippen LogP contribution is -2.41. The molecule has 0 saturated carbocycles. The predicted octanol–water partition coefficient (Wildman–Crippen LogP) is 1.11. The van der Waals surface area contributed by atoms with Crippen LogP contribution in [0.25, 0.3) is 0 Å². The first-order valence-electron chi connectivity index (χ1n) is 4.77. The Morgan fingerprint density at radius 2 is 2.19 bits per heavy atom. The molecule has 1 unspecified atom stereocenters. The molecule has 0 radical (unpaired) electrons. The first-order valence-corrected chi connectivity index (χ1v) is 5.21. The van der Waals surface area contributed by atoms with Gasteiger partial charge in [-0.3, -0.25) is 4.79 Å². The fourth-order valence-electron chi connectivity index (χ4n) is 1.36. The van der Waals surface area contributed by atoms with E-state index in [0.717, 1.165) is 10.5 Å². The summed E-state index contributed by atoms with van der Waals surface area (Å²) in [5.41, 5.74) is 0.827. The van der Waals surface area contributed by atoms with Crippen LogP contribution in [-0.4, -0.2) is 23.0 Å². The summed E-state index contributed by atoms with van der Waals surface area (Å²) >= 11 is 4.16. The summed E-state index contributed by atoms with van der Waals surface area (Å²) in [5, 5.41) is 11.3. The molecule has 1 atom stereocenters. The number of nitrogens with one attached hydrogen (secondary N) is 1. The van der Waals surface area contributed by atoms with Gasteiger partial charge in [0.1, 0.15) is 6.04 Å². The van der Waals surface area contributed by atoms with E-state index >= 15 is 0 Å². The number of hydrogen-bond acceptors (Lipinski definition) is 3. The molecule has 0 aliphatic rings. The van der Waals surface area contributed by atoms with E-state index in [4.69, 9.17) is 5.11 Å². The number of carboxylic acids is 1. The maximum atomic E-state index is 10.9. The third kappa shape index (κ3) is 3.94. The molecule has 0 spiro atoms. The largest absolute Gasteiger partial charge is 0.480 e. The van der Waals surface area contributed by atoms with Gasteiger partial charge in [-0.15, -0.1) is 12.6 Å². The van der Waals surface area contributed by atoms with E-state index in [1.807, 2.05) is 0 Å². The van der Waals surface area contributed by atoms with E-state index in [-0.39, 0.29) is 12.3 Å². The summed E-state index contributed by atoms with van der Waals surface area (Å²) in [5.74, 6) is -1.39. The topological polar surface area (TPSA) is 66.4 Å². The average Bonchev–Trinajstić information content (AvgIpc) is 2.15. The molecular weight excluding hydrogens is 226 g/mol. The fraction of sp³-hybridized carbons (Fsp3) is 0.273. The molecule has 0 aliphatic carbocycles. The first kappa shape index (κ1) is 12.6. The molecule has 16 heavy (non-hydrogen) atoms. The van der Waals surface area contributed by atoms with Gasteiger partial charge >= 0.3 is 5.97 Å². The van der Waals surface area contributed by atoms with E-state index < -0.39 is 12.0 Å². The van der Waals surface area contributed by atoms with Gasteiger partial charge < -0.3 is 10.4 Å². The molecule has 86 valence electrons. The molecule has 4 nitrogen and oxygen atoms in total. The zero-order valence-electron chi connectivity index (χ0n) is 8.80. The van der Waals surface area contributed by atoms with Crippen LogP contribution in [0.4, 0.5) is 0 Å². The molecular formula is C11H13NO3S. The van der Waals surface area contributed by atoms with Crippen molar-refractivity contribution in [3.05, 3.63) is 29.8 Å². The van der Waals surface area contributed by atoms with Crippen LogP contribution in [0.15, 0.2) is 29.2 Å². The zero-order chi connectivity index (χ0) is 12.1. The maximum absolute atomic E-state index is 10.9. The van der Waals surface area contributed by atoms with E-state index in [0.29, 0.717) is 0 Å². The van der Waals surface area contributed by atoms with Crippen LogP contribution in [0.2, 0.25) is 0 Å². The maximum Gasteiger partial charge on any atom is 0.326 e. The van der Waals surface area contributed by atoms with Crippen molar-refractivity contribution < 1.29 is 14.7 Å². The summed E-state index contributed by atoms with van der Waals surface area (Å²) in [6.45, 7) is 1.30. The highest BCUT2D eigenvalue weighted by molar-refractivity contribution is 7.80. The summed E-state index contributed by atoms with van der Waals surface area (Å²) in [6.07, 6.45) is 0.253. The second-order valence-corrected chi connectivity index (χ2v) is 3.98. The van der Waals surface area contributed by atoms with Gasteiger partial charge in [0.05, 0.1) is 0 Å². The van der Waals surface area contributed by atoms with Crippen LogP contribution in [0.5, 0.6) is 0 Å². The number of carbonyl (C=O) groups excluding carboxylic acids is 1. The van der Waals surface area contributed by atoms with E-state index in [2.05, 4.69) is 17.9 Å². The third-order valence-electron chi connectivity index (χ3n) is 2.03. The van der Waals surface area contributed by atoms with Crippen LogP contribution in [0.1, 0.15) is 12.5 Å². The van der Waals surface area contributed by atoms with Gasteiger partial charge in [-0.1, -0.05) is 12.1 Å². The predicted molar refractivity (Wildman–Crippen MR) is 62.6 cm³/mol. The molecule has 0 fully saturated rings. The molecule has 2 N–H and O–H groups in total. The summed E-state index contributed by atoms with van der Waals surface area (Å²) in [7, 11) is 0. The Labute approximate surface area is 99.1 Å². The molecule has 1 aromatic rings. The van der Waals surface area contributed by atoms with Gasteiger partial charge in [-0.05, 0) is 17.7 Å². The van der Waals surface area contributed by atoms with Gasteiger partial charge in [0.15, 0.2) is 0 Å². The average molecular weight is 239 g/mol. The lowest BCUT2D eigenvalue weighted by atomic mass is 10.1. The lowest BCUT2D eigenvalue weighted by Gasteiger charge is -2.13. The standard InChI is InChI=1S/C11H13NO3S/c1-7(13)12-10(11(14)15)6-8-3-2-4-9(16)5-8/h2-5,10,16H,6H2,1H3,(H,12,13)(H,14,15). The Bertz CT molecular complexity index is 406. The Kier molecular flexibility index (Phi) is 4.37. The highest BCUT2D eigenvalue weighted by atomic mass is 32.1. The van der Waals surface area contributed by atoms with Crippen molar-refractivity contribution in [2.75, 3.05) is 0 Å². The number of carboxylic acid groups (broad SMARTS) is 1. The van der Waals surface area contributed by atoms with Gasteiger partial charge in [-0.25, -0.2) is 4.79 Å². The minimum Gasteiger partial charge on any atom is -0.480 e. The molecule has 1 rings (SSSR count). The van der Waals surface area contributed by atoms with E-state index in [1.54, 1.807) is 24.3 Å². The Balaban J connectivity index is 2.75. The normalized spacial score (nSPS) is 11.9. The van der Waals surface area contributed by atoms with Crippen molar-refractivity contribution in [1.29, 1.82) is 0 Å². The van der Waals surface area contributed by atoms with E-state index in [9.17, 15) is 9.59 Å². The monoisotopic (exact) mass is 239 g/mol. The number of rotatable bonds is 4. The molecule has 0 heterocycles. The zero-order valence-corrected chi connectivity index (χ0v) is 9.70. The smallest absolute Gasteiger partial charge is 0.326 e. The number of aliphatic carboxylic acids is 1. The number of carbonyl (C=O) groups is 2. The molecule has 0 aliphatic heterocycles. The highest BCUT2D eigenvalue weighted by Crippen LogP contribution is 2.10. The Morgan fingerprint density at radius 3 is 2.69 bits per heavy atom. The number of thiol groups is 1. The second-order valence-electron chi connectivity index (χ2n) is 3.47. The Hall–Kier alpha value is -1.49. The number of hydrogen-bond donors (Lipinski definition) is 3. The van der Waals surface area contributed by atoms with Gasteiger partial charge in [-0.2, -0.15) is 0 Å². The number of amides is 1. The molecule has 0 saturated heterocycles. The van der Waals surface area contributed by atoms with Crippen LogP contribution in [0.3, 0.4) is 0 Å². The van der Waals surface area contributed by atoms with Gasteiger partial charge in [0, 0.05) is 18.2 Å². The first-order chi connectivity index (χ1) is 7.49. The van der Waals surface area contributed by atoms with Crippen LogP contribution in [-0.2, 0) is 16.0 Å². The van der Waals surface area contributed by atoms with Crippen molar-refractivity contribution >= 4 is 24.5 Å². The van der Waals surface area contributed by atoms with Gasteiger partial charge in [0.2, 0.25) is 5.91 Å². The van der Waals surface area contributed by atoms with Crippen LogP contribution in [0, 0.1) is 0 Å². The molecule has 1 aromatic carbocycles. The third-order valence-corrected chi connectivity index (χ3v) is 2.30. The molecule has 0 aromatic heterocycles. The SMILES string of the molecule is CC(=O)NC(Cc1cccc(S)c1)C(=O)O. The number of benzene rings is 1. The molecule has 1 amide bonds. The minimum absolute atomic E-state index is 0.253. The summed E-state index contributed by atoms with van der Waals surface area (Å²) in [4.78, 5) is 22.5. The van der Waals surface area contributed by atoms with Crippen molar-refractivity contribution in [2.24, 2.45) is 0 Å². The molecule has 0 bridgehead atoms. The van der Waals surface area contributed by atoms with Crippen molar-refractivity contribution in [2.45, 2.75) is 24.3 Å². The van der Waals surface area contributed by atoms with Gasteiger partial charge in [0.25, 0.3) is 0 Å².